The molecule has 1 aromatic rings. The van der Waals surface area contributed by atoms with Crippen molar-refractivity contribution in [1.82, 2.24) is 0 Å². The van der Waals surface area contributed by atoms with Gasteiger partial charge in [0, 0.05) is 12.1 Å². The van der Waals surface area contributed by atoms with E-state index in [9.17, 15) is 4.79 Å². The van der Waals surface area contributed by atoms with Crippen LogP contribution in [0.3, 0.4) is 0 Å². The van der Waals surface area contributed by atoms with E-state index in [2.05, 4.69) is 25.1 Å². The first-order chi connectivity index (χ1) is 9.34. The second kappa shape index (κ2) is 7.09. The fourth-order valence-electron chi connectivity index (χ4n) is 1.85. The van der Waals surface area contributed by atoms with Crippen molar-refractivity contribution >= 4 is 11.6 Å². The summed E-state index contributed by atoms with van der Waals surface area (Å²) in [5, 5.41) is 2.79. The van der Waals surface area contributed by atoms with Crippen LogP contribution in [-0.4, -0.2) is 11.6 Å². The highest BCUT2D eigenvalue weighted by atomic mass is 16.1. The number of nitrogens with two attached hydrogens (primary N) is 2. The van der Waals surface area contributed by atoms with E-state index in [0.29, 0.717) is 18.8 Å². The minimum Gasteiger partial charge on any atom is -0.326 e. The number of terminal acetylenes is 1. The minimum atomic E-state index is -1.06. The summed E-state index contributed by atoms with van der Waals surface area (Å²) in [6.07, 6.45) is 6.09. The third kappa shape index (κ3) is 5.43. The van der Waals surface area contributed by atoms with Gasteiger partial charge in [-0.15, -0.1) is 12.3 Å². The first-order valence-electron chi connectivity index (χ1n) is 6.75. The van der Waals surface area contributed by atoms with Crippen LogP contribution in [0.2, 0.25) is 0 Å². The van der Waals surface area contributed by atoms with Crippen LogP contribution in [0.5, 0.6) is 0 Å². The lowest BCUT2D eigenvalue weighted by Crippen LogP contribution is -2.51. The maximum atomic E-state index is 11.9. The molecule has 0 aromatic heterocycles. The van der Waals surface area contributed by atoms with Gasteiger partial charge in [-0.3, -0.25) is 4.79 Å². The molecular formula is C16H23N3O. The Morgan fingerprint density at radius 1 is 1.35 bits per heavy atom. The number of hydrogen-bond donors (Lipinski definition) is 3. The smallest absolute Gasteiger partial charge is 0.227 e. The average molecular weight is 273 g/mol. The van der Waals surface area contributed by atoms with E-state index in [1.165, 1.54) is 5.56 Å². The predicted octanol–water partition coefficient (Wildman–Crippen LogP) is 2.17. The first-order valence-corrected chi connectivity index (χ1v) is 6.75. The standard InChI is InChI=1S/C16H23N3O/c1-4-5-10-16(17,18)11-15(20)19-14-8-6-13(7-9-14)12(2)3/h1,6-9,12H,5,10-11,17-18H2,2-3H3,(H,19,20). The van der Waals surface area contributed by atoms with Gasteiger partial charge in [0.25, 0.3) is 0 Å². The summed E-state index contributed by atoms with van der Waals surface area (Å²) in [5.41, 5.74) is 12.6. The van der Waals surface area contributed by atoms with Gasteiger partial charge in [0.2, 0.25) is 5.91 Å². The average Bonchev–Trinajstić information content (AvgIpc) is 2.36. The summed E-state index contributed by atoms with van der Waals surface area (Å²) in [7, 11) is 0. The fourth-order valence-corrected chi connectivity index (χ4v) is 1.85. The number of benzene rings is 1. The van der Waals surface area contributed by atoms with Crippen molar-refractivity contribution in [3.63, 3.8) is 0 Å². The van der Waals surface area contributed by atoms with Gasteiger partial charge < -0.3 is 16.8 Å². The lowest BCUT2D eigenvalue weighted by molar-refractivity contribution is -0.117. The monoisotopic (exact) mass is 273 g/mol. The van der Waals surface area contributed by atoms with E-state index < -0.39 is 5.66 Å². The number of anilines is 1. The molecule has 0 aliphatic heterocycles. The fraction of sp³-hybridized carbons (Fsp3) is 0.438. The van der Waals surface area contributed by atoms with Crippen LogP contribution in [0.25, 0.3) is 0 Å². The number of carbonyl (C=O) groups excluding carboxylic acids is 1. The van der Waals surface area contributed by atoms with Gasteiger partial charge in [-0.2, -0.15) is 0 Å². The highest BCUT2D eigenvalue weighted by Crippen LogP contribution is 2.17. The SMILES string of the molecule is C#CCCC(N)(N)CC(=O)Nc1ccc(C(C)C)cc1. The molecule has 1 aromatic carbocycles. The van der Waals surface area contributed by atoms with E-state index in [1.807, 2.05) is 24.3 Å². The predicted molar refractivity (Wildman–Crippen MR) is 83.0 cm³/mol. The Morgan fingerprint density at radius 3 is 2.45 bits per heavy atom. The van der Waals surface area contributed by atoms with Gasteiger partial charge in [0.1, 0.15) is 0 Å². The molecule has 0 atom stereocenters. The minimum absolute atomic E-state index is 0.0423. The molecule has 0 saturated carbocycles. The number of amides is 1. The summed E-state index contributed by atoms with van der Waals surface area (Å²) < 4.78 is 0. The Labute approximate surface area is 120 Å². The number of nitrogens with one attached hydrogen (secondary N) is 1. The topological polar surface area (TPSA) is 81.1 Å². The van der Waals surface area contributed by atoms with Crippen LogP contribution >= 0.6 is 0 Å². The van der Waals surface area contributed by atoms with E-state index in [1.54, 1.807) is 0 Å². The van der Waals surface area contributed by atoms with Gasteiger partial charge in [0.15, 0.2) is 0 Å². The van der Waals surface area contributed by atoms with Crippen LogP contribution in [0.1, 0.15) is 44.6 Å². The molecule has 0 bridgehead atoms. The zero-order valence-electron chi connectivity index (χ0n) is 12.1. The second-order valence-electron chi connectivity index (χ2n) is 5.44. The molecule has 1 amide bonds. The molecular weight excluding hydrogens is 250 g/mol. The third-order valence-corrected chi connectivity index (χ3v) is 3.09. The van der Waals surface area contributed by atoms with Gasteiger partial charge in [0.05, 0.1) is 12.1 Å². The number of carbonyl (C=O) groups is 1. The first kappa shape index (κ1) is 16.2. The number of hydrogen-bond acceptors (Lipinski definition) is 3. The summed E-state index contributed by atoms with van der Waals surface area (Å²) in [6.45, 7) is 4.24. The summed E-state index contributed by atoms with van der Waals surface area (Å²) >= 11 is 0. The largest absolute Gasteiger partial charge is 0.326 e. The van der Waals surface area contributed by atoms with Crippen molar-refractivity contribution in [2.45, 2.75) is 44.7 Å². The highest BCUT2D eigenvalue weighted by Gasteiger charge is 2.22. The van der Waals surface area contributed by atoms with E-state index in [4.69, 9.17) is 17.9 Å². The maximum absolute atomic E-state index is 11.9. The Hall–Kier alpha value is -1.83. The van der Waals surface area contributed by atoms with E-state index in [0.717, 1.165) is 5.69 Å². The van der Waals surface area contributed by atoms with Crippen molar-refractivity contribution in [3.05, 3.63) is 29.8 Å². The van der Waals surface area contributed by atoms with Gasteiger partial charge in [-0.05, 0) is 30.0 Å². The second-order valence-corrected chi connectivity index (χ2v) is 5.44. The summed E-state index contributed by atoms with van der Waals surface area (Å²) in [4.78, 5) is 11.9. The van der Waals surface area contributed by atoms with Gasteiger partial charge in [-0.1, -0.05) is 26.0 Å². The molecule has 0 radical (unpaired) electrons. The molecule has 0 aliphatic carbocycles. The molecule has 0 heterocycles. The molecule has 108 valence electrons. The lowest BCUT2D eigenvalue weighted by atomic mass is 10.0. The molecule has 4 heteroatoms. The molecule has 4 nitrogen and oxygen atoms in total. The highest BCUT2D eigenvalue weighted by molar-refractivity contribution is 5.91. The van der Waals surface area contributed by atoms with Crippen molar-refractivity contribution < 1.29 is 4.79 Å². The van der Waals surface area contributed by atoms with Crippen molar-refractivity contribution in [3.8, 4) is 12.3 Å². The molecule has 0 fully saturated rings. The Balaban J connectivity index is 2.56. The van der Waals surface area contributed by atoms with Crippen molar-refractivity contribution in [2.24, 2.45) is 11.5 Å². The molecule has 0 aliphatic rings. The Morgan fingerprint density at radius 2 is 1.95 bits per heavy atom. The van der Waals surface area contributed by atoms with E-state index in [-0.39, 0.29) is 12.3 Å². The zero-order valence-corrected chi connectivity index (χ0v) is 12.1. The van der Waals surface area contributed by atoms with Crippen LogP contribution < -0.4 is 16.8 Å². The molecule has 0 spiro atoms. The maximum Gasteiger partial charge on any atom is 0.227 e. The van der Waals surface area contributed by atoms with Gasteiger partial charge >= 0.3 is 0 Å². The summed E-state index contributed by atoms with van der Waals surface area (Å²) in [6, 6.07) is 7.75. The van der Waals surface area contributed by atoms with Crippen LogP contribution in [0.4, 0.5) is 5.69 Å². The number of rotatable bonds is 6. The molecule has 5 N–H and O–H groups in total. The zero-order chi connectivity index (χ0) is 15.2. The molecule has 0 saturated heterocycles. The van der Waals surface area contributed by atoms with Crippen LogP contribution in [0, 0.1) is 12.3 Å². The van der Waals surface area contributed by atoms with Crippen LogP contribution in [-0.2, 0) is 4.79 Å². The van der Waals surface area contributed by atoms with E-state index >= 15 is 0 Å². The quantitative estimate of drug-likeness (QED) is 0.549. The normalized spacial score (nSPS) is 11.2. The lowest BCUT2D eigenvalue weighted by Gasteiger charge is -2.22. The Bertz CT molecular complexity index is 483. The molecule has 20 heavy (non-hydrogen) atoms. The van der Waals surface area contributed by atoms with Crippen molar-refractivity contribution in [2.75, 3.05) is 5.32 Å². The van der Waals surface area contributed by atoms with Gasteiger partial charge in [-0.25, -0.2) is 0 Å². The molecule has 0 unspecified atom stereocenters. The Kier molecular flexibility index (Phi) is 5.75. The summed E-state index contributed by atoms with van der Waals surface area (Å²) in [5.74, 6) is 2.73. The third-order valence-electron chi connectivity index (χ3n) is 3.09. The van der Waals surface area contributed by atoms with Crippen LogP contribution in [0.15, 0.2) is 24.3 Å². The van der Waals surface area contributed by atoms with Crippen molar-refractivity contribution in [1.29, 1.82) is 0 Å². The molecule has 1 rings (SSSR count).